The lowest BCUT2D eigenvalue weighted by Crippen LogP contribution is -2.47. The van der Waals surface area contributed by atoms with Crippen molar-refractivity contribution in [3.05, 3.63) is 18.2 Å². The third-order valence-electron chi connectivity index (χ3n) is 3.50. The number of piperazine rings is 1. The summed E-state index contributed by atoms with van der Waals surface area (Å²) >= 11 is 5.78. The second-order valence-corrected chi connectivity index (χ2v) is 4.93. The Kier molecular flexibility index (Phi) is 5.16. The number of anilines is 1. The van der Waals surface area contributed by atoms with Crippen molar-refractivity contribution in [3.63, 3.8) is 0 Å². The van der Waals surface area contributed by atoms with Crippen LogP contribution >= 0.6 is 11.6 Å². The van der Waals surface area contributed by atoms with Gasteiger partial charge in [-0.25, -0.2) is 0 Å². The van der Waals surface area contributed by atoms with Gasteiger partial charge >= 0.3 is 0 Å². The summed E-state index contributed by atoms with van der Waals surface area (Å²) in [6, 6.07) is 5.92. The standard InChI is InChI=1S/C14H21ClN2O2/c1-18-12-3-4-14(19-2)13(11-12)17-9-7-16(6-5-15)8-10-17/h3-4,11H,5-10H2,1-2H3. The molecule has 0 amide bonds. The van der Waals surface area contributed by atoms with Gasteiger partial charge in [-0.05, 0) is 12.1 Å². The highest BCUT2D eigenvalue weighted by Crippen LogP contribution is 2.32. The predicted octanol–water partition coefficient (Wildman–Crippen LogP) is 2.06. The molecule has 1 heterocycles. The van der Waals surface area contributed by atoms with Crippen LogP contribution in [0.3, 0.4) is 0 Å². The first kappa shape index (κ1) is 14.3. The molecule has 19 heavy (non-hydrogen) atoms. The first-order valence-corrected chi connectivity index (χ1v) is 7.07. The average Bonchev–Trinajstić information content (AvgIpc) is 2.47. The molecule has 0 atom stereocenters. The fourth-order valence-electron chi connectivity index (χ4n) is 2.38. The van der Waals surface area contributed by atoms with Crippen LogP contribution in [-0.4, -0.2) is 57.7 Å². The number of hydrogen-bond donors (Lipinski definition) is 0. The molecule has 5 heteroatoms. The van der Waals surface area contributed by atoms with E-state index < -0.39 is 0 Å². The Morgan fingerprint density at radius 3 is 2.42 bits per heavy atom. The second kappa shape index (κ2) is 6.87. The zero-order valence-corrected chi connectivity index (χ0v) is 12.3. The van der Waals surface area contributed by atoms with Gasteiger partial charge in [0.15, 0.2) is 0 Å². The van der Waals surface area contributed by atoms with Gasteiger partial charge in [0.05, 0.1) is 19.9 Å². The smallest absolute Gasteiger partial charge is 0.142 e. The molecule has 0 spiro atoms. The van der Waals surface area contributed by atoms with Gasteiger partial charge in [0.25, 0.3) is 0 Å². The van der Waals surface area contributed by atoms with Crippen LogP contribution < -0.4 is 14.4 Å². The first-order chi connectivity index (χ1) is 9.28. The number of alkyl halides is 1. The Balaban J connectivity index is 2.09. The predicted molar refractivity (Wildman–Crippen MR) is 78.9 cm³/mol. The molecule has 0 bridgehead atoms. The lowest BCUT2D eigenvalue weighted by atomic mass is 10.2. The third-order valence-corrected chi connectivity index (χ3v) is 3.67. The van der Waals surface area contributed by atoms with E-state index in [1.165, 1.54) is 0 Å². The zero-order valence-electron chi connectivity index (χ0n) is 11.6. The van der Waals surface area contributed by atoms with E-state index in [-0.39, 0.29) is 0 Å². The molecule has 1 aromatic carbocycles. The molecule has 1 aromatic rings. The number of ether oxygens (including phenoxy) is 2. The highest BCUT2D eigenvalue weighted by atomic mass is 35.5. The van der Waals surface area contributed by atoms with Crippen molar-refractivity contribution >= 4 is 17.3 Å². The summed E-state index contributed by atoms with van der Waals surface area (Å²) in [5, 5.41) is 0. The largest absolute Gasteiger partial charge is 0.497 e. The van der Waals surface area contributed by atoms with Crippen LogP contribution in [0.15, 0.2) is 18.2 Å². The first-order valence-electron chi connectivity index (χ1n) is 6.53. The van der Waals surface area contributed by atoms with Crippen LogP contribution in [0.5, 0.6) is 11.5 Å². The van der Waals surface area contributed by atoms with Crippen molar-refractivity contribution in [1.29, 1.82) is 0 Å². The number of rotatable bonds is 5. The summed E-state index contributed by atoms with van der Waals surface area (Å²) in [7, 11) is 3.39. The molecule has 106 valence electrons. The molecule has 0 saturated carbocycles. The van der Waals surface area contributed by atoms with Gasteiger partial charge in [0.2, 0.25) is 0 Å². The molecule has 1 fully saturated rings. The Morgan fingerprint density at radius 2 is 1.84 bits per heavy atom. The summed E-state index contributed by atoms with van der Waals surface area (Å²) in [5.74, 6) is 2.45. The molecule has 1 saturated heterocycles. The van der Waals surface area contributed by atoms with Crippen molar-refractivity contribution < 1.29 is 9.47 Å². The Labute approximate surface area is 119 Å². The van der Waals surface area contributed by atoms with Crippen molar-refractivity contribution in [3.8, 4) is 11.5 Å². The van der Waals surface area contributed by atoms with Crippen LogP contribution in [0.1, 0.15) is 0 Å². The summed E-state index contributed by atoms with van der Waals surface area (Å²) in [6.07, 6.45) is 0. The Morgan fingerprint density at radius 1 is 1.11 bits per heavy atom. The number of methoxy groups -OCH3 is 2. The van der Waals surface area contributed by atoms with Crippen LogP contribution in [0, 0.1) is 0 Å². The van der Waals surface area contributed by atoms with Crippen molar-refractivity contribution in [2.45, 2.75) is 0 Å². The summed E-state index contributed by atoms with van der Waals surface area (Å²) < 4.78 is 10.7. The van der Waals surface area contributed by atoms with Crippen LogP contribution in [-0.2, 0) is 0 Å². The zero-order chi connectivity index (χ0) is 13.7. The fraction of sp³-hybridized carbons (Fsp3) is 0.571. The molecule has 1 aliphatic rings. The van der Waals surface area contributed by atoms with E-state index in [1.54, 1.807) is 14.2 Å². The van der Waals surface area contributed by atoms with Gasteiger partial charge in [0.1, 0.15) is 11.5 Å². The SMILES string of the molecule is COc1ccc(OC)c(N2CCN(CCCl)CC2)c1. The minimum atomic E-state index is 0.697. The highest BCUT2D eigenvalue weighted by molar-refractivity contribution is 6.18. The molecule has 0 N–H and O–H groups in total. The number of halogens is 1. The van der Waals surface area contributed by atoms with Crippen LogP contribution in [0.4, 0.5) is 5.69 Å². The molecule has 0 radical (unpaired) electrons. The molecule has 4 nitrogen and oxygen atoms in total. The minimum absolute atomic E-state index is 0.697. The van der Waals surface area contributed by atoms with Crippen LogP contribution in [0.2, 0.25) is 0 Å². The fourth-order valence-corrected chi connectivity index (χ4v) is 2.61. The van der Waals surface area contributed by atoms with Gasteiger partial charge in [-0.1, -0.05) is 0 Å². The quantitative estimate of drug-likeness (QED) is 0.773. The van der Waals surface area contributed by atoms with E-state index >= 15 is 0 Å². The van der Waals surface area contributed by atoms with Gasteiger partial charge < -0.3 is 14.4 Å². The van der Waals surface area contributed by atoms with Gasteiger partial charge in [0, 0.05) is 44.7 Å². The van der Waals surface area contributed by atoms with Gasteiger partial charge in [-0.15, -0.1) is 11.6 Å². The minimum Gasteiger partial charge on any atom is -0.497 e. The number of nitrogens with zero attached hydrogens (tertiary/aromatic N) is 2. The lowest BCUT2D eigenvalue weighted by Gasteiger charge is -2.36. The maximum Gasteiger partial charge on any atom is 0.142 e. The Hall–Kier alpha value is -1.13. The van der Waals surface area contributed by atoms with Gasteiger partial charge in [-0.2, -0.15) is 0 Å². The molecule has 1 aliphatic heterocycles. The van der Waals surface area contributed by atoms with E-state index in [4.69, 9.17) is 21.1 Å². The van der Waals surface area contributed by atoms with E-state index in [1.807, 2.05) is 18.2 Å². The highest BCUT2D eigenvalue weighted by Gasteiger charge is 2.19. The van der Waals surface area contributed by atoms with Gasteiger partial charge in [-0.3, -0.25) is 4.90 Å². The monoisotopic (exact) mass is 284 g/mol. The molecular formula is C14H21ClN2O2. The summed E-state index contributed by atoms with van der Waals surface area (Å²) in [6.45, 7) is 5.01. The van der Waals surface area contributed by atoms with Crippen LogP contribution in [0.25, 0.3) is 0 Å². The third kappa shape index (κ3) is 3.45. The number of hydrogen-bond acceptors (Lipinski definition) is 4. The molecular weight excluding hydrogens is 264 g/mol. The second-order valence-electron chi connectivity index (χ2n) is 4.56. The molecule has 0 aliphatic carbocycles. The lowest BCUT2D eigenvalue weighted by molar-refractivity contribution is 0.271. The topological polar surface area (TPSA) is 24.9 Å². The maximum atomic E-state index is 5.78. The van der Waals surface area contributed by atoms with E-state index in [0.717, 1.165) is 49.9 Å². The summed E-state index contributed by atoms with van der Waals surface area (Å²) in [5.41, 5.74) is 1.10. The van der Waals surface area contributed by atoms with Crippen molar-refractivity contribution in [2.24, 2.45) is 0 Å². The summed E-state index contributed by atoms with van der Waals surface area (Å²) in [4.78, 5) is 4.72. The number of benzene rings is 1. The molecule has 0 aromatic heterocycles. The Bertz CT molecular complexity index is 406. The molecule has 2 rings (SSSR count). The van der Waals surface area contributed by atoms with Crippen molar-refractivity contribution in [2.75, 3.05) is 57.7 Å². The normalized spacial score (nSPS) is 16.5. The average molecular weight is 285 g/mol. The maximum absolute atomic E-state index is 5.78. The van der Waals surface area contributed by atoms with Crippen molar-refractivity contribution in [1.82, 2.24) is 4.90 Å². The van der Waals surface area contributed by atoms with E-state index in [0.29, 0.717) is 5.88 Å². The molecule has 0 unspecified atom stereocenters. The van der Waals surface area contributed by atoms with E-state index in [2.05, 4.69) is 9.80 Å². The van der Waals surface area contributed by atoms with E-state index in [9.17, 15) is 0 Å².